The first-order chi connectivity index (χ1) is 7.81. The second-order valence-electron chi connectivity index (χ2n) is 4.71. The summed E-state index contributed by atoms with van der Waals surface area (Å²) in [5, 5.41) is 5.99. The highest BCUT2D eigenvalue weighted by Crippen LogP contribution is 2.33. The minimum atomic E-state index is 0.624. The SMILES string of the molecule is CSCC(C)CNC1CCCc2sccc21. The normalized spacial score (nSPS) is 21.8. The Bertz CT molecular complexity index is 321. The van der Waals surface area contributed by atoms with Crippen LogP contribution >= 0.6 is 23.1 Å². The van der Waals surface area contributed by atoms with Crippen molar-refractivity contribution in [2.24, 2.45) is 5.92 Å². The molecule has 0 spiro atoms. The summed E-state index contributed by atoms with van der Waals surface area (Å²) in [6.07, 6.45) is 6.15. The molecule has 90 valence electrons. The second kappa shape index (κ2) is 6.08. The minimum absolute atomic E-state index is 0.624. The molecule has 0 saturated carbocycles. The summed E-state index contributed by atoms with van der Waals surface area (Å²) >= 11 is 3.88. The van der Waals surface area contributed by atoms with Crippen molar-refractivity contribution in [1.29, 1.82) is 0 Å². The smallest absolute Gasteiger partial charge is 0.0331 e. The van der Waals surface area contributed by atoms with E-state index in [0.717, 1.165) is 12.5 Å². The maximum atomic E-state index is 3.74. The first-order valence-corrected chi connectivity index (χ1v) is 8.37. The van der Waals surface area contributed by atoms with Crippen LogP contribution in [0.4, 0.5) is 0 Å². The maximum absolute atomic E-state index is 3.74. The Kier molecular flexibility index (Phi) is 4.74. The first kappa shape index (κ1) is 12.5. The van der Waals surface area contributed by atoms with Gasteiger partial charge in [-0.05, 0) is 60.7 Å². The van der Waals surface area contributed by atoms with Gasteiger partial charge in [0.1, 0.15) is 0 Å². The molecule has 0 radical (unpaired) electrons. The minimum Gasteiger partial charge on any atom is -0.310 e. The predicted molar refractivity (Wildman–Crippen MR) is 75.5 cm³/mol. The van der Waals surface area contributed by atoms with E-state index in [1.54, 1.807) is 10.4 Å². The molecule has 1 N–H and O–H groups in total. The van der Waals surface area contributed by atoms with Crippen molar-refractivity contribution in [1.82, 2.24) is 5.32 Å². The number of thiophene rings is 1. The third-order valence-corrected chi connectivity index (χ3v) is 5.11. The van der Waals surface area contributed by atoms with E-state index in [4.69, 9.17) is 0 Å². The molecule has 0 amide bonds. The maximum Gasteiger partial charge on any atom is 0.0331 e. The lowest BCUT2D eigenvalue weighted by Gasteiger charge is -2.25. The van der Waals surface area contributed by atoms with Crippen LogP contribution in [-0.2, 0) is 6.42 Å². The molecule has 1 aliphatic carbocycles. The van der Waals surface area contributed by atoms with E-state index >= 15 is 0 Å². The van der Waals surface area contributed by atoms with Gasteiger partial charge in [0, 0.05) is 10.9 Å². The number of nitrogens with one attached hydrogen (secondary N) is 1. The van der Waals surface area contributed by atoms with Crippen LogP contribution in [0.15, 0.2) is 11.4 Å². The molecule has 2 atom stereocenters. The zero-order chi connectivity index (χ0) is 11.4. The van der Waals surface area contributed by atoms with E-state index < -0.39 is 0 Å². The van der Waals surface area contributed by atoms with E-state index in [1.807, 2.05) is 23.1 Å². The van der Waals surface area contributed by atoms with Crippen molar-refractivity contribution < 1.29 is 0 Å². The summed E-state index contributed by atoms with van der Waals surface area (Å²) < 4.78 is 0. The van der Waals surface area contributed by atoms with Crippen LogP contribution < -0.4 is 5.32 Å². The van der Waals surface area contributed by atoms with Crippen LogP contribution in [0.1, 0.15) is 36.2 Å². The van der Waals surface area contributed by atoms with Gasteiger partial charge in [-0.15, -0.1) is 11.3 Å². The summed E-state index contributed by atoms with van der Waals surface area (Å²) in [5.41, 5.74) is 1.58. The molecule has 1 aromatic heterocycles. The molecular weight excluding hydrogens is 234 g/mol. The third kappa shape index (κ3) is 3.02. The number of aryl methyl sites for hydroxylation is 1. The average molecular weight is 255 g/mol. The topological polar surface area (TPSA) is 12.0 Å². The van der Waals surface area contributed by atoms with E-state index in [9.17, 15) is 0 Å². The molecule has 0 aliphatic heterocycles. The molecule has 1 heterocycles. The largest absolute Gasteiger partial charge is 0.310 e. The number of thioether (sulfide) groups is 1. The van der Waals surface area contributed by atoms with Gasteiger partial charge in [-0.25, -0.2) is 0 Å². The van der Waals surface area contributed by atoms with Crippen LogP contribution in [0.5, 0.6) is 0 Å². The lowest BCUT2D eigenvalue weighted by molar-refractivity contribution is 0.432. The van der Waals surface area contributed by atoms with Crippen molar-refractivity contribution in [3.63, 3.8) is 0 Å². The van der Waals surface area contributed by atoms with Crippen molar-refractivity contribution in [3.8, 4) is 0 Å². The molecule has 2 rings (SSSR count). The summed E-state index contributed by atoms with van der Waals surface area (Å²) in [6, 6.07) is 2.94. The van der Waals surface area contributed by atoms with Crippen LogP contribution in [0.2, 0.25) is 0 Å². The van der Waals surface area contributed by atoms with Gasteiger partial charge in [0.05, 0.1) is 0 Å². The predicted octanol–water partition coefficient (Wildman–Crippen LogP) is 3.71. The van der Waals surface area contributed by atoms with Crippen LogP contribution in [-0.4, -0.2) is 18.6 Å². The van der Waals surface area contributed by atoms with Gasteiger partial charge in [-0.2, -0.15) is 11.8 Å². The molecule has 3 heteroatoms. The summed E-state index contributed by atoms with van der Waals surface area (Å²) in [4.78, 5) is 1.61. The highest BCUT2D eigenvalue weighted by molar-refractivity contribution is 7.98. The van der Waals surface area contributed by atoms with Gasteiger partial charge in [0.25, 0.3) is 0 Å². The summed E-state index contributed by atoms with van der Waals surface area (Å²) in [6.45, 7) is 3.49. The van der Waals surface area contributed by atoms with Gasteiger partial charge in [0.15, 0.2) is 0 Å². The zero-order valence-electron chi connectivity index (χ0n) is 10.2. The molecule has 2 unspecified atom stereocenters. The molecule has 16 heavy (non-hydrogen) atoms. The standard InChI is InChI=1S/C13H21NS2/c1-10(9-15-2)8-14-12-4-3-5-13-11(12)6-7-16-13/h6-7,10,12,14H,3-5,8-9H2,1-2H3. The van der Waals surface area contributed by atoms with Gasteiger partial charge in [0.2, 0.25) is 0 Å². The van der Waals surface area contributed by atoms with E-state index in [0.29, 0.717) is 6.04 Å². The van der Waals surface area contributed by atoms with Crippen LogP contribution in [0.3, 0.4) is 0 Å². The average Bonchev–Trinajstić information content (AvgIpc) is 2.75. The highest BCUT2D eigenvalue weighted by Gasteiger charge is 2.20. The van der Waals surface area contributed by atoms with Gasteiger partial charge < -0.3 is 5.32 Å². The molecular formula is C13H21NS2. The molecule has 1 nitrogen and oxygen atoms in total. The fraction of sp³-hybridized carbons (Fsp3) is 0.692. The summed E-state index contributed by atoms with van der Waals surface area (Å²) in [7, 11) is 0. The van der Waals surface area contributed by atoms with Crippen LogP contribution in [0.25, 0.3) is 0 Å². The second-order valence-corrected chi connectivity index (χ2v) is 6.62. The number of rotatable bonds is 5. The molecule has 1 aromatic rings. The zero-order valence-corrected chi connectivity index (χ0v) is 11.8. The highest BCUT2D eigenvalue weighted by atomic mass is 32.2. The molecule has 0 saturated heterocycles. The lowest BCUT2D eigenvalue weighted by atomic mass is 9.94. The van der Waals surface area contributed by atoms with Crippen molar-refractivity contribution in [2.75, 3.05) is 18.6 Å². The molecule has 0 aromatic carbocycles. The molecule has 1 aliphatic rings. The van der Waals surface area contributed by atoms with E-state index in [-0.39, 0.29) is 0 Å². The van der Waals surface area contributed by atoms with Crippen molar-refractivity contribution in [3.05, 3.63) is 21.9 Å². The first-order valence-electron chi connectivity index (χ1n) is 6.10. The molecule has 0 fully saturated rings. The number of fused-ring (bicyclic) bond motifs is 1. The molecule has 0 bridgehead atoms. The Balaban J connectivity index is 1.88. The Morgan fingerprint density at radius 3 is 3.31 bits per heavy atom. The Hall–Kier alpha value is 0.0100. The van der Waals surface area contributed by atoms with Crippen molar-refractivity contribution in [2.45, 2.75) is 32.2 Å². The third-order valence-electron chi connectivity index (χ3n) is 3.22. The lowest BCUT2D eigenvalue weighted by Crippen LogP contribution is -2.29. The summed E-state index contributed by atoms with van der Waals surface area (Å²) in [5.74, 6) is 2.04. The van der Waals surface area contributed by atoms with E-state index in [2.05, 4.69) is 29.9 Å². The van der Waals surface area contributed by atoms with Crippen LogP contribution in [0, 0.1) is 5.92 Å². The van der Waals surface area contributed by atoms with Crippen molar-refractivity contribution >= 4 is 23.1 Å². The Morgan fingerprint density at radius 2 is 2.50 bits per heavy atom. The van der Waals surface area contributed by atoms with Gasteiger partial charge in [-0.3, -0.25) is 0 Å². The Morgan fingerprint density at radius 1 is 1.62 bits per heavy atom. The number of hydrogen-bond acceptors (Lipinski definition) is 3. The quantitative estimate of drug-likeness (QED) is 0.861. The Labute approximate surface area is 107 Å². The van der Waals surface area contributed by atoms with E-state index in [1.165, 1.54) is 25.0 Å². The fourth-order valence-electron chi connectivity index (χ4n) is 2.39. The monoisotopic (exact) mass is 255 g/mol. The van der Waals surface area contributed by atoms with Gasteiger partial charge in [-0.1, -0.05) is 6.92 Å². The van der Waals surface area contributed by atoms with Gasteiger partial charge >= 0.3 is 0 Å². The number of hydrogen-bond donors (Lipinski definition) is 1. The fourth-order valence-corrected chi connectivity index (χ4v) is 4.06.